The highest BCUT2D eigenvalue weighted by molar-refractivity contribution is 7.89. The van der Waals surface area contributed by atoms with Crippen LogP contribution in [0.5, 0.6) is 0 Å². The maximum absolute atomic E-state index is 13.0. The Kier molecular flexibility index (Phi) is 6.04. The Balaban J connectivity index is 1.68. The lowest BCUT2D eigenvalue weighted by molar-refractivity contribution is 0.332. The molecule has 1 aliphatic rings. The van der Waals surface area contributed by atoms with Crippen LogP contribution in [0, 0.1) is 0 Å². The molecule has 4 rings (SSSR count). The zero-order valence-corrected chi connectivity index (χ0v) is 18.3. The average molecular weight is 425 g/mol. The lowest BCUT2D eigenvalue weighted by Gasteiger charge is -2.21. The molecule has 6 nitrogen and oxygen atoms in total. The monoisotopic (exact) mass is 424 g/mol. The van der Waals surface area contributed by atoms with Crippen molar-refractivity contribution in [3.8, 4) is 0 Å². The minimum atomic E-state index is -3.69. The van der Waals surface area contributed by atoms with Gasteiger partial charge < -0.3 is 4.90 Å². The van der Waals surface area contributed by atoms with Crippen LogP contribution < -0.4 is 4.72 Å². The van der Waals surface area contributed by atoms with E-state index in [-0.39, 0.29) is 10.9 Å². The van der Waals surface area contributed by atoms with Crippen LogP contribution in [0.15, 0.2) is 65.8 Å². The molecule has 0 saturated heterocycles. The molecule has 0 amide bonds. The van der Waals surface area contributed by atoms with E-state index < -0.39 is 10.0 Å². The van der Waals surface area contributed by atoms with Gasteiger partial charge in [0.1, 0.15) is 4.90 Å². The molecule has 0 bridgehead atoms. The zero-order valence-electron chi connectivity index (χ0n) is 17.5. The first kappa shape index (κ1) is 20.8. The molecule has 30 heavy (non-hydrogen) atoms. The molecule has 0 aliphatic carbocycles. The van der Waals surface area contributed by atoms with Crippen molar-refractivity contribution in [2.45, 2.75) is 36.7 Å². The fourth-order valence-electron chi connectivity index (χ4n) is 4.03. The van der Waals surface area contributed by atoms with Crippen LogP contribution in [0.4, 0.5) is 0 Å². The van der Waals surface area contributed by atoms with Crippen LogP contribution in [0.2, 0.25) is 0 Å². The molecule has 1 atom stereocenters. The third-order valence-electron chi connectivity index (χ3n) is 5.63. The number of rotatable bonds is 6. The second-order valence-electron chi connectivity index (χ2n) is 8.08. The Hall–Kier alpha value is -2.48. The van der Waals surface area contributed by atoms with Gasteiger partial charge in [-0.1, -0.05) is 48.5 Å². The lowest BCUT2D eigenvalue weighted by atomic mass is 9.95. The number of nitrogens with one attached hydrogen (secondary N) is 1. The van der Waals surface area contributed by atoms with E-state index in [4.69, 9.17) is 0 Å². The van der Waals surface area contributed by atoms with E-state index >= 15 is 0 Å². The summed E-state index contributed by atoms with van der Waals surface area (Å²) in [7, 11) is 0.155. The summed E-state index contributed by atoms with van der Waals surface area (Å²) in [6, 6.07) is 16.0. The third kappa shape index (κ3) is 4.80. The highest BCUT2D eigenvalue weighted by Gasteiger charge is 2.24. The number of aryl methyl sites for hydroxylation is 2. The molecule has 0 spiro atoms. The molecule has 2 aromatic carbocycles. The summed E-state index contributed by atoms with van der Waals surface area (Å²) >= 11 is 0. The van der Waals surface area contributed by atoms with Gasteiger partial charge in [-0.05, 0) is 55.1 Å². The van der Waals surface area contributed by atoms with E-state index in [2.05, 4.69) is 40.0 Å². The summed E-state index contributed by atoms with van der Waals surface area (Å²) in [5, 5.41) is 4.02. The summed E-state index contributed by atoms with van der Waals surface area (Å²) in [5.41, 5.74) is 4.71. The number of hydrogen-bond donors (Lipinski definition) is 1. The van der Waals surface area contributed by atoms with Gasteiger partial charge in [0.15, 0.2) is 0 Å². The van der Waals surface area contributed by atoms with E-state index in [9.17, 15) is 8.42 Å². The minimum absolute atomic E-state index is 0.178. The SMILES string of the molecule is CN1CCCc2ccc(C(Cc3ccccc3)NS(=O)(=O)c3cnn(C)c3)cc2C1. The number of benzene rings is 2. The van der Waals surface area contributed by atoms with Crippen molar-refractivity contribution < 1.29 is 8.42 Å². The first-order chi connectivity index (χ1) is 14.4. The average Bonchev–Trinajstić information content (AvgIpc) is 3.07. The van der Waals surface area contributed by atoms with Crippen molar-refractivity contribution in [1.29, 1.82) is 0 Å². The van der Waals surface area contributed by atoms with Crippen molar-refractivity contribution in [3.63, 3.8) is 0 Å². The van der Waals surface area contributed by atoms with E-state index in [1.165, 1.54) is 28.2 Å². The van der Waals surface area contributed by atoms with E-state index in [1.54, 1.807) is 7.05 Å². The van der Waals surface area contributed by atoms with Crippen LogP contribution >= 0.6 is 0 Å². The maximum Gasteiger partial charge on any atom is 0.244 e. The standard InChI is InChI=1S/C23H28N4O2S/c1-26-12-6-9-19-10-11-20(14-21(19)16-26)23(13-18-7-4-3-5-8-18)25-30(28,29)22-15-24-27(2)17-22/h3-5,7-8,10-11,14-15,17,23,25H,6,9,12-13,16H2,1-2H3. The first-order valence-electron chi connectivity index (χ1n) is 10.3. The Morgan fingerprint density at radius 1 is 1.10 bits per heavy atom. The van der Waals surface area contributed by atoms with Gasteiger partial charge in [0.2, 0.25) is 10.0 Å². The molecule has 2 heterocycles. The molecule has 0 fully saturated rings. The predicted molar refractivity (Wildman–Crippen MR) is 118 cm³/mol. The van der Waals surface area contributed by atoms with Gasteiger partial charge in [-0.2, -0.15) is 5.10 Å². The molecule has 3 aromatic rings. The summed E-state index contributed by atoms with van der Waals surface area (Å²) in [6.45, 7) is 1.96. The van der Waals surface area contributed by atoms with Crippen molar-refractivity contribution >= 4 is 10.0 Å². The van der Waals surface area contributed by atoms with Gasteiger partial charge >= 0.3 is 0 Å². The van der Waals surface area contributed by atoms with Crippen LogP contribution in [-0.4, -0.2) is 36.7 Å². The maximum atomic E-state index is 13.0. The topological polar surface area (TPSA) is 67.2 Å². The van der Waals surface area contributed by atoms with Crippen LogP contribution in [-0.2, 0) is 36.5 Å². The largest absolute Gasteiger partial charge is 0.302 e. The fourth-order valence-corrected chi connectivity index (χ4v) is 5.24. The first-order valence-corrected chi connectivity index (χ1v) is 11.7. The molecule has 0 radical (unpaired) electrons. The van der Waals surface area contributed by atoms with Crippen LogP contribution in [0.1, 0.15) is 34.7 Å². The summed E-state index contributed by atoms with van der Waals surface area (Å²) in [4.78, 5) is 2.50. The van der Waals surface area contributed by atoms with Crippen molar-refractivity contribution in [2.24, 2.45) is 7.05 Å². The summed E-state index contributed by atoms with van der Waals surface area (Å²) in [5.74, 6) is 0. The van der Waals surface area contributed by atoms with Crippen molar-refractivity contribution in [2.75, 3.05) is 13.6 Å². The molecule has 1 unspecified atom stereocenters. The predicted octanol–water partition coefficient (Wildman–Crippen LogP) is 3.06. The molecular weight excluding hydrogens is 396 g/mol. The zero-order chi connectivity index (χ0) is 21.1. The minimum Gasteiger partial charge on any atom is -0.302 e. The van der Waals surface area contributed by atoms with Gasteiger partial charge in [0.25, 0.3) is 0 Å². The Morgan fingerprint density at radius 2 is 1.90 bits per heavy atom. The van der Waals surface area contributed by atoms with Crippen molar-refractivity contribution in [3.05, 3.63) is 83.2 Å². The molecule has 1 aromatic heterocycles. The molecule has 1 aliphatic heterocycles. The second kappa shape index (κ2) is 8.71. The molecular formula is C23H28N4O2S. The number of sulfonamides is 1. The smallest absolute Gasteiger partial charge is 0.244 e. The number of fused-ring (bicyclic) bond motifs is 1. The van der Waals surface area contributed by atoms with Crippen LogP contribution in [0.3, 0.4) is 0 Å². The van der Waals surface area contributed by atoms with Crippen LogP contribution in [0.25, 0.3) is 0 Å². The van der Waals surface area contributed by atoms with Crippen molar-refractivity contribution in [1.82, 2.24) is 19.4 Å². The molecule has 0 saturated carbocycles. The molecule has 7 heteroatoms. The summed E-state index contributed by atoms with van der Waals surface area (Å²) < 4.78 is 30.5. The number of aromatic nitrogens is 2. The Morgan fingerprint density at radius 3 is 2.63 bits per heavy atom. The van der Waals surface area contributed by atoms with Gasteiger partial charge in [-0.15, -0.1) is 0 Å². The lowest BCUT2D eigenvalue weighted by Crippen LogP contribution is -2.30. The van der Waals surface area contributed by atoms with Gasteiger partial charge in [-0.25, -0.2) is 13.1 Å². The summed E-state index contributed by atoms with van der Waals surface area (Å²) in [6.07, 6.45) is 5.69. The van der Waals surface area contributed by atoms with E-state index in [0.29, 0.717) is 6.42 Å². The number of nitrogens with zero attached hydrogens (tertiary/aromatic N) is 3. The van der Waals surface area contributed by atoms with E-state index in [1.807, 2.05) is 30.3 Å². The number of hydrogen-bond acceptors (Lipinski definition) is 4. The van der Waals surface area contributed by atoms with Gasteiger partial charge in [0, 0.05) is 19.8 Å². The Labute approximate surface area is 178 Å². The highest BCUT2D eigenvalue weighted by Crippen LogP contribution is 2.26. The third-order valence-corrected chi connectivity index (χ3v) is 7.06. The second-order valence-corrected chi connectivity index (χ2v) is 9.80. The quantitative estimate of drug-likeness (QED) is 0.660. The normalized spacial score (nSPS) is 16.1. The molecule has 158 valence electrons. The van der Waals surface area contributed by atoms with Gasteiger partial charge in [-0.3, -0.25) is 4.68 Å². The fraction of sp³-hybridized carbons (Fsp3) is 0.348. The highest BCUT2D eigenvalue weighted by atomic mass is 32.2. The Bertz CT molecular complexity index is 1110. The van der Waals surface area contributed by atoms with E-state index in [0.717, 1.165) is 37.1 Å². The molecule has 1 N–H and O–H groups in total. The van der Waals surface area contributed by atoms with Gasteiger partial charge in [0.05, 0.1) is 12.2 Å².